The van der Waals surface area contributed by atoms with Crippen molar-refractivity contribution in [3.8, 4) is 0 Å². The van der Waals surface area contributed by atoms with Crippen LogP contribution >= 0.6 is 0 Å². The van der Waals surface area contributed by atoms with Gasteiger partial charge in [0.25, 0.3) is 10.2 Å². The lowest BCUT2D eigenvalue weighted by Crippen LogP contribution is -2.52. The quantitative estimate of drug-likeness (QED) is 0.913. The highest BCUT2D eigenvalue weighted by Crippen LogP contribution is 2.28. The third-order valence-electron chi connectivity index (χ3n) is 4.79. The molecule has 1 saturated heterocycles. The fourth-order valence-electron chi connectivity index (χ4n) is 3.57. The second kappa shape index (κ2) is 6.66. The van der Waals surface area contributed by atoms with E-state index in [1.165, 1.54) is 5.56 Å². The molecule has 0 amide bonds. The molecular weight excluding hydrogens is 298 g/mol. The van der Waals surface area contributed by atoms with Crippen molar-refractivity contribution in [1.29, 1.82) is 0 Å². The molecule has 1 aromatic carbocycles. The molecule has 1 unspecified atom stereocenters. The Hall–Kier alpha value is -0.950. The van der Waals surface area contributed by atoms with Gasteiger partial charge in [0.05, 0.1) is 0 Å². The third kappa shape index (κ3) is 3.06. The topological polar surface area (TPSA) is 66.6 Å². The van der Waals surface area contributed by atoms with Crippen LogP contribution in [-0.4, -0.2) is 42.7 Å². The van der Waals surface area contributed by atoms with E-state index in [1.807, 2.05) is 18.2 Å². The molecule has 0 aliphatic carbocycles. The van der Waals surface area contributed by atoms with Gasteiger partial charge in [0.2, 0.25) is 0 Å². The molecular formula is C16H25N3O2S. The summed E-state index contributed by atoms with van der Waals surface area (Å²) in [6, 6.07) is 8.20. The number of piperidine rings is 1. The predicted octanol–water partition coefficient (Wildman–Crippen LogP) is 1.49. The average Bonchev–Trinajstić information content (AvgIpc) is 2.55. The molecule has 2 aliphatic heterocycles. The summed E-state index contributed by atoms with van der Waals surface area (Å²) >= 11 is 0. The number of nitrogens with two attached hydrogens (primary N) is 1. The molecule has 122 valence electrons. The Labute approximate surface area is 133 Å². The molecule has 1 aromatic rings. The van der Waals surface area contributed by atoms with E-state index in [4.69, 9.17) is 5.73 Å². The first-order chi connectivity index (χ1) is 10.6. The van der Waals surface area contributed by atoms with Gasteiger partial charge in [-0.3, -0.25) is 0 Å². The Morgan fingerprint density at radius 1 is 1.14 bits per heavy atom. The van der Waals surface area contributed by atoms with Crippen LogP contribution in [0.5, 0.6) is 0 Å². The standard InChI is InChI=1S/C16H25N3O2S/c17-10-8-16-7-3-4-11-19(16)22(20,21)18-12-9-14-5-1-2-6-15(14)13-18/h1-2,5-6,16H,3-4,7-13,17H2. The summed E-state index contributed by atoms with van der Waals surface area (Å²) in [5, 5.41) is 0. The van der Waals surface area contributed by atoms with Crippen molar-refractivity contribution in [1.82, 2.24) is 8.61 Å². The zero-order valence-electron chi connectivity index (χ0n) is 12.9. The van der Waals surface area contributed by atoms with Gasteiger partial charge in [-0.2, -0.15) is 17.0 Å². The molecule has 1 atom stereocenters. The molecule has 1 fully saturated rings. The Morgan fingerprint density at radius 3 is 2.68 bits per heavy atom. The molecule has 0 saturated carbocycles. The highest BCUT2D eigenvalue weighted by atomic mass is 32.2. The fraction of sp³-hybridized carbons (Fsp3) is 0.625. The van der Waals surface area contributed by atoms with Crippen LogP contribution in [0.1, 0.15) is 36.8 Å². The zero-order valence-corrected chi connectivity index (χ0v) is 13.8. The van der Waals surface area contributed by atoms with Gasteiger partial charge in [-0.05, 0) is 43.4 Å². The number of hydrogen-bond donors (Lipinski definition) is 1. The molecule has 2 aliphatic rings. The fourth-order valence-corrected chi connectivity index (χ4v) is 5.44. The van der Waals surface area contributed by atoms with Crippen LogP contribution in [0.25, 0.3) is 0 Å². The molecule has 0 radical (unpaired) electrons. The van der Waals surface area contributed by atoms with E-state index in [-0.39, 0.29) is 6.04 Å². The number of nitrogens with zero attached hydrogens (tertiary/aromatic N) is 2. The number of rotatable bonds is 4. The Bertz CT molecular complexity index is 616. The van der Waals surface area contributed by atoms with Crippen molar-refractivity contribution in [3.63, 3.8) is 0 Å². The van der Waals surface area contributed by atoms with Gasteiger partial charge in [-0.15, -0.1) is 0 Å². The maximum atomic E-state index is 13.0. The summed E-state index contributed by atoms with van der Waals surface area (Å²) in [4.78, 5) is 0. The van der Waals surface area contributed by atoms with Crippen molar-refractivity contribution in [3.05, 3.63) is 35.4 Å². The smallest absolute Gasteiger partial charge is 0.282 e. The molecule has 2 heterocycles. The first-order valence-corrected chi connectivity index (χ1v) is 9.56. The summed E-state index contributed by atoms with van der Waals surface area (Å²) in [5.74, 6) is 0. The van der Waals surface area contributed by atoms with Crippen LogP contribution in [0.2, 0.25) is 0 Å². The van der Waals surface area contributed by atoms with Gasteiger partial charge >= 0.3 is 0 Å². The van der Waals surface area contributed by atoms with E-state index in [9.17, 15) is 8.42 Å². The van der Waals surface area contributed by atoms with Gasteiger partial charge in [0, 0.05) is 25.7 Å². The monoisotopic (exact) mass is 323 g/mol. The second-order valence-corrected chi connectivity index (χ2v) is 8.08. The summed E-state index contributed by atoms with van der Waals surface area (Å²) in [6.07, 6.45) is 4.53. The second-order valence-electron chi connectivity index (χ2n) is 6.20. The van der Waals surface area contributed by atoms with E-state index in [1.54, 1.807) is 8.61 Å². The predicted molar refractivity (Wildman–Crippen MR) is 87.5 cm³/mol. The van der Waals surface area contributed by atoms with Gasteiger partial charge in [-0.1, -0.05) is 30.7 Å². The van der Waals surface area contributed by atoms with Gasteiger partial charge < -0.3 is 5.73 Å². The van der Waals surface area contributed by atoms with Crippen molar-refractivity contribution in [2.24, 2.45) is 5.73 Å². The zero-order chi connectivity index (χ0) is 15.6. The lowest BCUT2D eigenvalue weighted by Gasteiger charge is -2.39. The minimum atomic E-state index is -3.39. The summed E-state index contributed by atoms with van der Waals surface area (Å²) in [6.45, 7) is 2.24. The molecule has 0 spiro atoms. The van der Waals surface area contributed by atoms with Gasteiger partial charge in [0.1, 0.15) is 0 Å². The van der Waals surface area contributed by atoms with Crippen molar-refractivity contribution < 1.29 is 8.42 Å². The van der Waals surface area contributed by atoms with Crippen molar-refractivity contribution in [2.45, 2.75) is 44.7 Å². The van der Waals surface area contributed by atoms with Gasteiger partial charge in [0.15, 0.2) is 0 Å². The molecule has 22 heavy (non-hydrogen) atoms. The lowest BCUT2D eigenvalue weighted by molar-refractivity contribution is 0.220. The molecule has 0 bridgehead atoms. The lowest BCUT2D eigenvalue weighted by atomic mass is 10.0. The van der Waals surface area contributed by atoms with Crippen LogP contribution in [-0.2, 0) is 23.2 Å². The number of hydrogen-bond acceptors (Lipinski definition) is 3. The minimum absolute atomic E-state index is 0.0703. The van der Waals surface area contributed by atoms with Crippen LogP contribution < -0.4 is 5.73 Å². The van der Waals surface area contributed by atoms with Crippen LogP contribution in [0.3, 0.4) is 0 Å². The molecule has 2 N–H and O–H groups in total. The van der Waals surface area contributed by atoms with Gasteiger partial charge in [-0.25, -0.2) is 0 Å². The summed E-state index contributed by atoms with van der Waals surface area (Å²) in [5.41, 5.74) is 8.07. The van der Waals surface area contributed by atoms with E-state index in [2.05, 4.69) is 6.07 Å². The minimum Gasteiger partial charge on any atom is -0.330 e. The maximum absolute atomic E-state index is 13.0. The van der Waals surface area contributed by atoms with Crippen LogP contribution in [0.4, 0.5) is 0 Å². The normalized spacial score (nSPS) is 24.1. The van der Waals surface area contributed by atoms with Crippen LogP contribution in [0, 0.1) is 0 Å². The average molecular weight is 323 g/mol. The molecule has 0 aromatic heterocycles. The Morgan fingerprint density at radius 2 is 1.91 bits per heavy atom. The first kappa shape index (κ1) is 15.9. The van der Waals surface area contributed by atoms with E-state index in [0.717, 1.165) is 37.7 Å². The van der Waals surface area contributed by atoms with Crippen molar-refractivity contribution >= 4 is 10.2 Å². The highest BCUT2D eigenvalue weighted by molar-refractivity contribution is 7.86. The molecule has 3 rings (SSSR count). The number of fused-ring (bicyclic) bond motifs is 1. The summed E-state index contributed by atoms with van der Waals surface area (Å²) < 4.78 is 29.4. The SMILES string of the molecule is NCCC1CCCCN1S(=O)(=O)N1CCc2ccccc2C1. The molecule has 6 heteroatoms. The van der Waals surface area contributed by atoms with E-state index < -0.39 is 10.2 Å². The van der Waals surface area contributed by atoms with Crippen molar-refractivity contribution in [2.75, 3.05) is 19.6 Å². The highest BCUT2D eigenvalue weighted by Gasteiger charge is 2.37. The Balaban J connectivity index is 1.81. The number of benzene rings is 1. The molecule has 5 nitrogen and oxygen atoms in total. The maximum Gasteiger partial charge on any atom is 0.282 e. The van der Waals surface area contributed by atoms with E-state index >= 15 is 0 Å². The van der Waals surface area contributed by atoms with Crippen LogP contribution in [0.15, 0.2) is 24.3 Å². The first-order valence-electron chi connectivity index (χ1n) is 8.16. The summed E-state index contributed by atoms with van der Waals surface area (Å²) in [7, 11) is -3.39. The largest absolute Gasteiger partial charge is 0.330 e. The van der Waals surface area contributed by atoms with E-state index in [0.29, 0.717) is 26.2 Å². The third-order valence-corrected chi connectivity index (χ3v) is 6.83. The Kier molecular flexibility index (Phi) is 4.82.